The Hall–Kier alpha value is -1.44. The largest absolute Gasteiger partial charge is 0.392 e. The number of nitrogens with zero attached hydrogens (tertiary/aromatic N) is 2. The van der Waals surface area contributed by atoms with Gasteiger partial charge in [-0.15, -0.1) is 0 Å². The van der Waals surface area contributed by atoms with Crippen LogP contribution in [0.3, 0.4) is 0 Å². The van der Waals surface area contributed by atoms with Crippen molar-refractivity contribution in [2.45, 2.75) is 50.0 Å². The van der Waals surface area contributed by atoms with Crippen LogP contribution in [0, 0.1) is 5.41 Å². The van der Waals surface area contributed by atoms with E-state index in [1.165, 1.54) is 16.8 Å². The molecule has 7 nitrogen and oxygen atoms in total. The van der Waals surface area contributed by atoms with Gasteiger partial charge in [-0.2, -0.15) is 4.98 Å². The summed E-state index contributed by atoms with van der Waals surface area (Å²) in [6.07, 6.45) is 1.15. The maximum absolute atomic E-state index is 11.9. The van der Waals surface area contributed by atoms with E-state index in [1.54, 1.807) is 0 Å². The molecule has 2 fully saturated rings. The maximum Gasteiger partial charge on any atom is 0.349 e. The Morgan fingerprint density at radius 1 is 1.40 bits per heavy atom. The van der Waals surface area contributed by atoms with Crippen LogP contribution >= 0.6 is 0 Å². The van der Waals surface area contributed by atoms with Crippen LogP contribution in [0.1, 0.15) is 31.7 Å². The molecule has 0 unspecified atom stereocenters. The van der Waals surface area contributed by atoms with E-state index in [1.807, 2.05) is 0 Å². The van der Waals surface area contributed by atoms with Crippen molar-refractivity contribution in [2.75, 3.05) is 5.73 Å². The van der Waals surface area contributed by atoms with E-state index in [0.717, 1.165) is 6.42 Å². The van der Waals surface area contributed by atoms with Gasteiger partial charge in [0.05, 0.1) is 18.2 Å². The summed E-state index contributed by atoms with van der Waals surface area (Å²) in [7, 11) is 0. The molecule has 5 N–H and O–H groups in total. The molecule has 0 aliphatic heterocycles. The minimum atomic E-state index is -1.09. The van der Waals surface area contributed by atoms with E-state index >= 15 is 0 Å². The molecule has 5 atom stereocenters. The van der Waals surface area contributed by atoms with Gasteiger partial charge in [0, 0.05) is 11.6 Å². The summed E-state index contributed by atoms with van der Waals surface area (Å²) in [5, 5.41) is 30.7. The van der Waals surface area contributed by atoms with Gasteiger partial charge >= 0.3 is 5.69 Å². The van der Waals surface area contributed by atoms with Crippen molar-refractivity contribution >= 4 is 5.82 Å². The molecule has 1 spiro atoms. The molecule has 0 amide bonds. The summed E-state index contributed by atoms with van der Waals surface area (Å²) >= 11 is 0. The van der Waals surface area contributed by atoms with Crippen LogP contribution in [0.2, 0.25) is 0 Å². The second-order valence-electron chi connectivity index (χ2n) is 5.89. The van der Waals surface area contributed by atoms with Gasteiger partial charge < -0.3 is 21.1 Å². The van der Waals surface area contributed by atoms with Gasteiger partial charge in [-0.25, -0.2) is 4.79 Å². The minimum Gasteiger partial charge on any atom is -0.392 e. The number of rotatable bonds is 1. The Balaban J connectivity index is 1.98. The Morgan fingerprint density at radius 3 is 2.75 bits per heavy atom. The molecule has 1 aromatic rings. The topological polar surface area (TPSA) is 122 Å². The second-order valence-corrected chi connectivity index (χ2v) is 5.89. The number of hydrogen-bond acceptors (Lipinski definition) is 6. The first-order chi connectivity index (χ1) is 9.45. The van der Waals surface area contributed by atoms with Gasteiger partial charge in [-0.05, 0) is 25.3 Å². The lowest BCUT2D eigenvalue weighted by atomic mass is 9.80. The fourth-order valence-electron chi connectivity index (χ4n) is 3.78. The van der Waals surface area contributed by atoms with Gasteiger partial charge in [0.25, 0.3) is 0 Å². The fraction of sp³-hybridized carbons (Fsp3) is 0.692. The molecule has 2 aliphatic carbocycles. The van der Waals surface area contributed by atoms with Crippen LogP contribution in [0.4, 0.5) is 5.82 Å². The van der Waals surface area contributed by atoms with E-state index in [-0.39, 0.29) is 5.82 Å². The third-order valence-corrected chi connectivity index (χ3v) is 4.89. The molecule has 1 aromatic heterocycles. The van der Waals surface area contributed by atoms with Gasteiger partial charge in [-0.3, -0.25) is 4.57 Å². The standard InChI is InChI=1S/C13H19N3O4/c14-9-3-5-16(12(20)15-9)7-6-13(11(19)10(7)18)4-1-2-8(13)17/h3,5,7-8,10-11,17-19H,1-2,4,6H2,(H2,14,15,20)/t7-,8-,10+,11+,13-/m1/s1. The number of aromatic nitrogens is 2. The van der Waals surface area contributed by atoms with Crippen molar-refractivity contribution in [1.29, 1.82) is 0 Å². The van der Waals surface area contributed by atoms with Crippen LogP contribution in [0.5, 0.6) is 0 Å². The molecule has 0 aromatic carbocycles. The highest BCUT2D eigenvalue weighted by atomic mass is 16.3. The molecule has 2 aliphatic rings. The summed E-state index contributed by atoms with van der Waals surface area (Å²) in [5.41, 5.74) is 4.18. The molecular formula is C13H19N3O4. The quantitative estimate of drug-likeness (QED) is 0.525. The SMILES string of the molecule is Nc1ccn([C@@H]2C[C@@]3(CCC[C@H]3O)[C@@H](O)[C@H]2O)c(=O)n1. The lowest BCUT2D eigenvalue weighted by molar-refractivity contribution is -0.0695. The van der Waals surface area contributed by atoms with Gasteiger partial charge in [-0.1, -0.05) is 6.42 Å². The van der Waals surface area contributed by atoms with Crippen LogP contribution in [0.15, 0.2) is 17.1 Å². The average molecular weight is 281 g/mol. The molecule has 3 rings (SSSR count). The predicted molar refractivity (Wildman–Crippen MR) is 70.9 cm³/mol. The zero-order valence-corrected chi connectivity index (χ0v) is 11.0. The Kier molecular flexibility index (Phi) is 3.07. The van der Waals surface area contributed by atoms with E-state index in [9.17, 15) is 20.1 Å². The van der Waals surface area contributed by atoms with Crippen LogP contribution in [-0.4, -0.2) is 43.2 Å². The summed E-state index contributed by atoms with van der Waals surface area (Å²) < 4.78 is 1.30. The van der Waals surface area contributed by atoms with Crippen LogP contribution in [0.25, 0.3) is 0 Å². The number of hydrogen-bond donors (Lipinski definition) is 4. The molecular weight excluding hydrogens is 262 g/mol. The molecule has 110 valence electrons. The van der Waals surface area contributed by atoms with Crippen LogP contribution < -0.4 is 11.4 Å². The molecule has 7 heteroatoms. The van der Waals surface area contributed by atoms with E-state index in [2.05, 4.69) is 4.98 Å². The maximum atomic E-state index is 11.9. The van der Waals surface area contributed by atoms with Crippen molar-refractivity contribution in [3.63, 3.8) is 0 Å². The lowest BCUT2D eigenvalue weighted by Crippen LogP contribution is -2.41. The zero-order chi connectivity index (χ0) is 14.5. The second kappa shape index (κ2) is 4.54. The van der Waals surface area contributed by atoms with Crippen molar-refractivity contribution in [2.24, 2.45) is 5.41 Å². The number of aliphatic hydroxyl groups is 3. The van der Waals surface area contributed by atoms with Crippen LogP contribution in [-0.2, 0) is 0 Å². The number of anilines is 1. The van der Waals surface area contributed by atoms with Crippen molar-refractivity contribution in [1.82, 2.24) is 9.55 Å². The normalized spacial score (nSPS) is 40.5. The highest BCUT2D eigenvalue weighted by molar-refractivity contribution is 5.24. The van der Waals surface area contributed by atoms with Crippen molar-refractivity contribution < 1.29 is 15.3 Å². The fourth-order valence-corrected chi connectivity index (χ4v) is 3.78. The lowest BCUT2D eigenvalue weighted by Gasteiger charge is -2.31. The summed E-state index contributed by atoms with van der Waals surface area (Å²) in [6, 6.07) is 0.898. The Labute approximate surface area is 115 Å². The first-order valence-electron chi connectivity index (χ1n) is 6.84. The average Bonchev–Trinajstić information content (AvgIpc) is 2.88. The third-order valence-electron chi connectivity index (χ3n) is 4.89. The first-order valence-corrected chi connectivity index (χ1v) is 6.84. The smallest absolute Gasteiger partial charge is 0.349 e. The Morgan fingerprint density at radius 2 is 2.15 bits per heavy atom. The monoisotopic (exact) mass is 281 g/mol. The number of nitrogens with two attached hydrogens (primary N) is 1. The number of aliphatic hydroxyl groups excluding tert-OH is 3. The van der Waals surface area contributed by atoms with E-state index < -0.39 is 35.5 Å². The first kappa shape index (κ1) is 13.5. The molecule has 1 heterocycles. The minimum absolute atomic E-state index is 0.120. The zero-order valence-electron chi connectivity index (χ0n) is 11.0. The van der Waals surface area contributed by atoms with E-state index in [0.29, 0.717) is 19.3 Å². The van der Waals surface area contributed by atoms with Crippen molar-refractivity contribution in [3.05, 3.63) is 22.7 Å². The molecule has 20 heavy (non-hydrogen) atoms. The molecule has 2 saturated carbocycles. The highest BCUT2D eigenvalue weighted by Gasteiger charge is 2.58. The third kappa shape index (κ3) is 1.77. The van der Waals surface area contributed by atoms with Gasteiger partial charge in [0.1, 0.15) is 11.9 Å². The van der Waals surface area contributed by atoms with Gasteiger partial charge in [0.15, 0.2) is 0 Å². The van der Waals surface area contributed by atoms with E-state index in [4.69, 9.17) is 5.73 Å². The number of nitrogen functional groups attached to an aromatic ring is 1. The van der Waals surface area contributed by atoms with Gasteiger partial charge in [0.2, 0.25) is 0 Å². The summed E-state index contributed by atoms with van der Waals surface area (Å²) in [6.45, 7) is 0. The molecule has 0 radical (unpaired) electrons. The summed E-state index contributed by atoms with van der Waals surface area (Å²) in [4.78, 5) is 15.5. The molecule has 0 bridgehead atoms. The molecule has 0 saturated heterocycles. The highest BCUT2D eigenvalue weighted by Crippen LogP contribution is 2.54. The Bertz CT molecular complexity index is 575. The predicted octanol–water partition coefficient (Wildman–Crippen LogP) is -0.977. The summed E-state index contributed by atoms with van der Waals surface area (Å²) in [5.74, 6) is 0.120. The van der Waals surface area contributed by atoms with Crippen molar-refractivity contribution in [3.8, 4) is 0 Å².